The number of hydrogen-bond donors (Lipinski definition) is 1. The van der Waals surface area contributed by atoms with Crippen LogP contribution in [-0.2, 0) is 9.84 Å². The second-order valence-corrected chi connectivity index (χ2v) is 8.37. The first-order valence-electron chi connectivity index (χ1n) is 6.88. The molecule has 1 amide bonds. The van der Waals surface area contributed by atoms with Crippen LogP contribution in [-0.4, -0.2) is 55.4 Å². The minimum atomic E-state index is -3.28. The molecular formula is C14H20N2O3S2. The van der Waals surface area contributed by atoms with Crippen molar-refractivity contribution in [1.29, 1.82) is 0 Å². The fourth-order valence-electron chi connectivity index (χ4n) is 2.35. The van der Waals surface area contributed by atoms with E-state index in [1.165, 1.54) is 4.90 Å². The lowest BCUT2D eigenvalue weighted by molar-refractivity contribution is 0.0750. The Labute approximate surface area is 130 Å². The maximum atomic E-state index is 12.8. The molecule has 116 valence electrons. The number of hydrogen-bond acceptors (Lipinski definition) is 5. The van der Waals surface area contributed by atoms with Crippen molar-refractivity contribution in [2.75, 3.05) is 36.2 Å². The van der Waals surface area contributed by atoms with E-state index in [0.717, 1.165) is 5.75 Å². The second-order valence-electron chi connectivity index (χ2n) is 4.78. The maximum absolute atomic E-state index is 12.8. The van der Waals surface area contributed by atoms with Gasteiger partial charge < -0.3 is 10.2 Å². The highest BCUT2D eigenvalue weighted by Crippen LogP contribution is 2.25. The molecule has 1 saturated heterocycles. The van der Waals surface area contributed by atoms with Crippen LogP contribution >= 0.6 is 11.8 Å². The van der Waals surface area contributed by atoms with Crippen molar-refractivity contribution in [2.24, 2.45) is 0 Å². The molecule has 1 heterocycles. The molecule has 0 aromatic heterocycles. The lowest BCUT2D eigenvalue weighted by Gasteiger charge is -2.35. The number of nitrogens with zero attached hydrogens (tertiary/aromatic N) is 1. The van der Waals surface area contributed by atoms with Crippen LogP contribution in [0.5, 0.6) is 0 Å². The molecule has 1 atom stereocenters. The van der Waals surface area contributed by atoms with Gasteiger partial charge in [0.2, 0.25) is 0 Å². The molecular weight excluding hydrogens is 308 g/mol. The summed E-state index contributed by atoms with van der Waals surface area (Å²) in [6.45, 7) is 2.09. The Bertz CT molecular complexity index is 616. The van der Waals surface area contributed by atoms with Gasteiger partial charge in [-0.25, -0.2) is 8.42 Å². The van der Waals surface area contributed by atoms with Gasteiger partial charge in [0.15, 0.2) is 9.84 Å². The van der Waals surface area contributed by atoms with Crippen LogP contribution < -0.4 is 5.32 Å². The fraction of sp³-hybridized carbons (Fsp3) is 0.500. The Morgan fingerprint density at radius 3 is 2.81 bits per heavy atom. The Balaban J connectivity index is 2.35. The Kier molecular flexibility index (Phi) is 5.16. The van der Waals surface area contributed by atoms with Crippen LogP contribution in [0.2, 0.25) is 0 Å². The zero-order valence-electron chi connectivity index (χ0n) is 12.2. The standard InChI is InChI=1S/C14H20N2O3S2/c1-3-21(18,19)13-10-20-9-8-16(13)14(17)11-6-4-5-7-12(11)15-2/h4-7,13,15H,3,8-10H2,1-2H3. The molecule has 1 aromatic rings. The number of benzene rings is 1. The average Bonchev–Trinajstić information content (AvgIpc) is 2.54. The third kappa shape index (κ3) is 3.35. The van der Waals surface area contributed by atoms with Crippen LogP contribution in [0.25, 0.3) is 0 Å². The molecule has 0 radical (unpaired) electrons. The summed E-state index contributed by atoms with van der Waals surface area (Å²) in [4.78, 5) is 14.3. The lowest BCUT2D eigenvalue weighted by atomic mass is 10.1. The molecule has 1 fully saturated rings. The van der Waals surface area contributed by atoms with Gasteiger partial charge in [0.1, 0.15) is 5.37 Å². The first-order chi connectivity index (χ1) is 10.0. The number of carbonyl (C=O) groups is 1. The second kappa shape index (κ2) is 6.70. The highest BCUT2D eigenvalue weighted by atomic mass is 32.2. The number of nitrogens with one attached hydrogen (secondary N) is 1. The number of thioether (sulfide) groups is 1. The summed E-state index contributed by atoms with van der Waals surface area (Å²) in [5.41, 5.74) is 1.23. The molecule has 0 spiro atoms. The molecule has 1 unspecified atom stereocenters. The van der Waals surface area contributed by atoms with E-state index in [0.29, 0.717) is 23.5 Å². The molecule has 1 aliphatic rings. The van der Waals surface area contributed by atoms with Crippen molar-refractivity contribution in [3.63, 3.8) is 0 Å². The minimum absolute atomic E-state index is 0.0513. The fourth-order valence-corrected chi connectivity index (χ4v) is 5.31. The molecule has 5 nitrogen and oxygen atoms in total. The van der Waals surface area contributed by atoms with E-state index in [1.807, 2.05) is 12.1 Å². The molecule has 1 N–H and O–H groups in total. The Hall–Kier alpha value is -1.21. The van der Waals surface area contributed by atoms with Crippen LogP contribution in [0.15, 0.2) is 24.3 Å². The number of rotatable bonds is 4. The lowest BCUT2D eigenvalue weighted by Crippen LogP contribution is -2.50. The Morgan fingerprint density at radius 1 is 1.43 bits per heavy atom. The normalized spacial score (nSPS) is 19.3. The van der Waals surface area contributed by atoms with Gasteiger partial charge in [0.05, 0.1) is 5.56 Å². The number of anilines is 1. The van der Waals surface area contributed by atoms with Crippen molar-refractivity contribution in [2.45, 2.75) is 12.3 Å². The number of para-hydroxylation sites is 1. The zero-order chi connectivity index (χ0) is 15.5. The molecule has 1 aliphatic heterocycles. The van der Waals surface area contributed by atoms with E-state index in [2.05, 4.69) is 5.32 Å². The van der Waals surface area contributed by atoms with E-state index < -0.39 is 15.2 Å². The third-order valence-electron chi connectivity index (χ3n) is 3.59. The molecule has 0 saturated carbocycles. The van der Waals surface area contributed by atoms with E-state index in [4.69, 9.17) is 0 Å². The van der Waals surface area contributed by atoms with E-state index >= 15 is 0 Å². The van der Waals surface area contributed by atoms with Crippen LogP contribution in [0.4, 0.5) is 5.69 Å². The van der Waals surface area contributed by atoms with Gasteiger partial charge in [0, 0.05) is 36.5 Å². The van der Waals surface area contributed by atoms with Crippen LogP contribution in [0.3, 0.4) is 0 Å². The largest absolute Gasteiger partial charge is 0.387 e. The highest BCUT2D eigenvalue weighted by Gasteiger charge is 2.36. The quantitative estimate of drug-likeness (QED) is 0.911. The SMILES string of the molecule is CCS(=O)(=O)C1CSCCN1C(=O)c1ccccc1NC. The van der Waals surface area contributed by atoms with Gasteiger partial charge in [-0.15, -0.1) is 0 Å². The van der Waals surface area contributed by atoms with Gasteiger partial charge >= 0.3 is 0 Å². The first-order valence-corrected chi connectivity index (χ1v) is 9.75. The van der Waals surface area contributed by atoms with Crippen molar-refractivity contribution in [3.8, 4) is 0 Å². The average molecular weight is 328 g/mol. The predicted octanol–water partition coefficient (Wildman–Crippen LogP) is 1.68. The van der Waals surface area contributed by atoms with Crippen molar-refractivity contribution < 1.29 is 13.2 Å². The Morgan fingerprint density at radius 2 is 2.14 bits per heavy atom. The van der Waals surface area contributed by atoms with Gasteiger partial charge in [0.25, 0.3) is 5.91 Å². The first kappa shape index (κ1) is 16.2. The number of amides is 1. The van der Waals surface area contributed by atoms with Gasteiger partial charge in [-0.2, -0.15) is 11.8 Å². The van der Waals surface area contributed by atoms with Crippen molar-refractivity contribution in [3.05, 3.63) is 29.8 Å². The summed E-state index contributed by atoms with van der Waals surface area (Å²) < 4.78 is 24.5. The van der Waals surface area contributed by atoms with Gasteiger partial charge in [-0.3, -0.25) is 4.79 Å². The molecule has 7 heteroatoms. The van der Waals surface area contributed by atoms with E-state index in [1.54, 1.807) is 37.9 Å². The van der Waals surface area contributed by atoms with Crippen molar-refractivity contribution in [1.82, 2.24) is 4.90 Å². The highest BCUT2D eigenvalue weighted by molar-refractivity contribution is 8.01. The zero-order valence-corrected chi connectivity index (χ0v) is 13.8. The third-order valence-corrected chi connectivity index (χ3v) is 6.88. The summed E-state index contributed by atoms with van der Waals surface area (Å²) in [6.07, 6.45) is 0. The number of sulfone groups is 1. The predicted molar refractivity (Wildman–Crippen MR) is 87.6 cm³/mol. The molecule has 1 aromatic carbocycles. The summed E-state index contributed by atoms with van der Waals surface area (Å²) in [5.74, 6) is 1.05. The summed E-state index contributed by atoms with van der Waals surface area (Å²) in [6, 6.07) is 7.17. The van der Waals surface area contributed by atoms with Crippen LogP contribution in [0.1, 0.15) is 17.3 Å². The molecule has 0 aliphatic carbocycles. The van der Waals surface area contributed by atoms with Crippen molar-refractivity contribution >= 4 is 33.2 Å². The van der Waals surface area contributed by atoms with E-state index in [-0.39, 0.29) is 11.7 Å². The molecule has 21 heavy (non-hydrogen) atoms. The number of carbonyl (C=O) groups excluding carboxylic acids is 1. The van der Waals surface area contributed by atoms with Crippen LogP contribution in [0, 0.1) is 0 Å². The topological polar surface area (TPSA) is 66.5 Å². The van der Waals surface area contributed by atoms with Gasteiger partial charge in [-0.05, 0) is 12.1 Å². The van der Waals surface area contributed by atoms with E-state index in [9.17, 15) is 13.2 Å². The minimum Gasteiger partial charge on any atom is -0.387 e. The summed E-state index contributed by atoms with van der Waals surface area (Å²) in [5, 5.41) is 2.26. The summed E-state index contributed by atoms with van der Waals surface area (Å²) in [7, 11) is -1.53. The maximum Gasteiger partial charge on any atom is 0.257 e. The van der Waals surface area contributed by atoms with Gasteiger partial charge in [-0.1, -0.05) is 19.1 Å². The molecule has 0 bridgehead atoms. The monoisotopic (exact) mass is 328 g/mol. The molecule has 2 rings (SSSR count). The smallest absolute Gasteiger partial charge is 0.257 e. The summed E-state index contributed by atoms with van der Waals surface area (Å²) >= 11 is 1.58.